The number of anilines is 1. The molecule has 0 aliphatic carbocycles. The second-order valence-electron chi connectivity index (χ2n) is 7.97. The van der Waals surface area contributed by atoms with Crippen molar-refractivity contribution >= 4 is 80.3 Å². The van der Waals surface area contributed by atoms with Gasteiger partial charge in [-0.05, 0) is 64.0 Å². The minimum atomic E-state index is -0.721. The van der Waals surface area contributed by atoms with Gasteiger partial charge in [0.05, 0.1) is 22.3 Å². The first-order valence-corrected chi connectivity index (χ1v) is 12.9. The maximum atomic E-state index is 12.9. The second-order valence-corrected chi connectivity index (χ2v) is 10.1. The Balaban J connectivity index is 1.45. The summed E-state index contributed by atoms with van der Waals surface area (Å²) < 4.78 is 11.6. The quantitative estimate of drug-likeness (QED) is 0.216. The van der Waals surface area contributed by atoms with Crippen molar-refractivity contribution in [2.75, 3.05) is 19.0 Å². The number of benzene rings is 3. The van der Waals surface area contributed by atoms with Gasteiger partial charge in [0, 0.05) is 15.6 Å². The molecule has 0 aromatic heterocycles. The molecular weight excluding hydrogens is 621 g/mol. The average molecular weight is 640 g/mol. The van der Waals surface area contributed by atoms with E-state index in [0.29, 0.717) is 37.3 Å². The first kappa shape index (κ1) is 27.8. The third kappa shape index (κ3) is 6.42. The Hall–Kier alpha value is -3.24. The zero-order valence-corrected chi connectivity index (χ0v) is 23.5. The van der Waals surface area contributed by atoms with E-state index >= 15 is 0 Å². The lowest BCUT2D eigenvalue weighted by atomic mass is 10.1. The molecule has 1 heterocycles. The number of imide groups is 1. The Kier molecular flexibility index (Phi) is 8.83. The minimum Gasteiger partial charge on any atom is -0.495 e. The highest BCUT2D eigenvalue weighted by Crippen LogP contribution is 2.36. The van der Waals surface area contributed by atoms with E-state index in [-0.39, 0.29) is 17.3 Å². The number of methoxy groups -OCH3 is 1. The van der Waals surface area contributed by atoms with Crippen LogP contribution in [0, 0.1) is 0 Å². The van der Waals surface area contributed by atoms with Crippen LogP contribution >= 0.6 is 50.7 Å². The van der Waals surface area contributed by atoms with Crippen molar-refractivity contribution in [3.8, 4) is 11.5 Å². The maximum absolute atomic E-state index is 12.9. The minimum absolute atomic E-state index is 0.00956. The van der Waals surface area contributed by atoms with Crippen molar-refractivity contribution in [1.82, 2.24) is 10.2 Å². The van der Waals surface area contributed by atoms with Crippen LogP contribution in [0.4, 0.5) is 10.5 Å². The smallest absolute Gasteiger partial charge is 0.329 e. The molecule has 12 heteroatoms. The SMILES string of the molecule is COc1ccccc1NC(=O)CN1C(=O)N/C(=C/c2cc(Cl)c(OCc3ccc(Cl)cc3Cl)c(Br)c2)C1=O. The van der Waals surface area contributed by atoms with Gasteiger partial charge in [0.15, 0.2) is 5.75 Å². The average Bonchev–Trinajstić information content (AvgIpc) is 3.12. The summed E-state index contributed by atoms with van der Waals surface area (Å²) in [5.74, 6) is -0.400. The molecule has 2 N–H and O–H groups in total. The lowest BCUT2D eigenvalue weighted by Crippen LogP contribution is -2.38. The molecule has 4 rings (SSSR count). The first-order valence-electron chi connectivity index (χ1n) is 11.0. The Bertz CT molecular complexity index is 1440. The summed E-state index contributed by atoms with van der Waals surface area (Å²) in [7, 11) is 1.47. The summed E-state index contributed by atoms with van der Waals surface area (Å²) >= 11 is 22.0. The zero-order chi connectivity index (χ0) is 27.4. The highest BCUT2D eigenvalue weighted by Gasteiger charge is 2.35. The van der Waals surface area contributed by atoms with Crippen molar-refractivity contribution in [3.05, 3.63) is 91.0 Å². The molecule has 1 fully saturated rings. The number of amides is 4. The lowest BCUT2D eigenvalue weighted by molar-refractivity contribution is -0.127. The normalized spacial score (nSPS) is 14.0. The molecule has 0 spiro atoms. The van der Waals surface area contributed by atoms with Crippen LogP contribution in [0.5, 0.6) is 11.5 Å². The topological polar surface area (TPSA) is 97.0 Å². The highest BCUT2D eigenvalue weighted by atomic mass is 79.9. The van der Waals surface area contributed by atoms with Gasteiger partial charge < -0.3 is 20.1 Å². The van der Waals surface area contributed by atoms with Crippen LogP contribution < -0.4 is 20.1 Å². The lowest BCUT2D eigenvalue weighted by Gasteiger charge is -2.13. The number of rotatable bonds is 8. The van der Waals surface area contributed by atoms with Crippen molar-refractivity contribution in [2.24, 2.45) is 0 Å². The largest absolute Gasteiger partial charge is 0.495 e. The molecule has 1 saturated heterocycles. The molecule has 0 bridgehead atoms. The van der Waals surface area contributed by atoms with Gasteiger partial charge in [-0.25, -0.2) is 9.69 Å². The summed E-state index contributed by atoms with van der Waals surface area (Å²) in [6.07, 6.45) is 1.45. The third-order valence-electron chi connectivity index (χ3n) is 5.36. The molecule has 8 nitrogen and oxygen atoms in total. The summed E-state index contributed by atoms with van der Waals surface area (Å²) in [5, 5.41) is 6.36. The molecule has 3 aromatic rings. The summed E-state index contributed by atoms with van der Waals surface area (Å²) in [4.78, 5) is 38.6. The van der Waals surface area contributed by atoms with Crippen LogP contribution in [0.3, 0.4) is 0 Å². The fourth-order valence-electron chi connectivity index (χ4n) is 3.55. The number of urea groups is 1. The van der Waals surface area contributed by atoms with E-state index in [9.17, 15) is 14.4 Å². The first-order chi connectivity index (χ1) is 18.2. The molecule has 38 heavy (non-hydrogen) atoms. The van der Waals surface area contributed by atoms with Gasteiger partial charge in [-0.3, -0.25) is 9.59 Å². The fourth-order valence-corrected chi connectivity index (χ4v) is 5.00. The molecule has 196 valence electrons. The number of nitrogens with zero attached hydrogens (tertiary/aromatic N) is 1. The Morgan fingerprint density at radius 1 is 1.08 bits per heavy atom. The third-order valence-corrected chi connectivity index (χ3v) is 6.82. The van der Waals surface area contributed by atoms with E-state index in [1.54, 1.807) is 54.6 Å². The monoisotopic (exact) mass is 637 g/mol. The van der Waals surface area contributed by atoms with Gasteiger partial charge in [-0.2, -0.15) is 0 Å². The second kappa shape index (κ2) is 12.1. The van der Waals surface area contributed by atoms with Crippen molar-refractivity contribution in [3.63, 3.8) is 0 Å². The number of ether oxygens (including phenoxy) is 2. The van der Waals surface area contributed by atoms with Crippen LogP contribution in [0.2, 0.25) is 15.1 Å². The van der Waals surface area contributed by atoms with Crippen LogP contribution in [0.1, 0.15) is 11.1 Å². The molecule has 0 atom stereocenters. The number of hydrogen-bond acceptors (Lipinski definition) is 5. The maximum Gasteiger partial charge on any atom is 0.329 e. The number of carbonyl (C=O) groups is 3. The predicted molar refractivity (Wildman–Crippen MR) is 150 cm³/mol. The molecule has 3 aromatic carbocycles. The van der Waals surface area contributed by atoms with E-state index in [1.807, 2.05) is 0 Å². The number of carbonyl (C=O) groups excluding carboxylic acids is 3. The van der Waals surface area contributed by atoms with Gasteiger partial charge >= 0.3 is 6.03 Å². The number of halogens is 4. The molecule has 0 radical (unpaired) electrons. The summed E-state index contributed by atoms with van der Waals surface area (Å²) in [5.41, 5.74) is 1.65. The summed E-state index contributed by atoms with van der Waals surface area (Å²) in [6, 6.07) is 14.4. The van der Waals surface area contributed by atoms with E-state index in [4.69, 9.17) is 44.3 Å². The standard InChI is InChI=1S/C26H19BrCl3N3O5/c1-37-22-5-3-2-4-20(22)31-23(34)12-33-25(35)21(32-26(33)36)10-14-8-17(27)24(19(30)9-14)38-13-15-6-7-16(28)11-18(15)29/h2-11H,12-13H2,1H3,(H,31,34)(H,32,36)/b21-10+. The molecular formula is C26H19BrCl3N3O5. The van der Waals surface area contributed by atoms with Gasteiger partial charge in [0.1, 0.15) is 24.6 Å². The zero-order valence-electron chi connectivity index (χ0n) is 19.7. The van der Waals surface area contributed by atoms with E-state index < -0.39 is 24.4 Å². The van der Waals surface area contributed by atoms with Crippen molar-refractivity contribution in [2.45, 2.75) is 6.61 Å². The van der Waals surface area contributed by atoms with E-state index in [0.717, 1.165) is 10.5 Å². The van der Waals surface area contributed by atoms with Gasteiger partial charge in [-0.15, -0.1) is 0 Å². The van der Waals surface area contributed by atoms with Gasteiger partial charge in [0.2, 0.25) is 5.91 Å². The van der Waals surface area contributed by atoms with Crippen LogP contribution in [0.15, 0.2) is 64.8 Å². The number of nitrogens with one attached hydrogen (secondary N) is 2. The molecule has 0 saturated carbocycles. The van der Waals surface area contributed by atoms with Crippen molar-refractivity contribution < 1.29 is 23.9 Å². The summed E-state index contributed by atoms with van der Waals surface area (Å²) in [6.45, 7) is -0.334. The van der Waals surface area contributed by atoms with Crippen molar-refractivity contribution in [1.29, 1.82) is 0 Å². The van der Waals surface area contributed by atoms with Crippen LogP contribution in [0.25, 0.3) is 6.08 Å². The fraction of sp³-hybridized carbons (Fsp3) is 0.115. The predicted octanol–water partition coefficient (Wildman–Crippen LogP) is 6.53. The Morgan fingerprint density at radius 2 is 1.84 bits per heavy atom. The Morgan fingerprint density at radius 3 is 2.55 bits per heavy atom. The highest BCUT2D eigenvalue weighted by molar-refractivity contribution is 9.10. The van der Waals surface area contributed by atoms with Crippen LogP contribution in [-0.4, -0.2) is 36.4 Å². The molecule has 1 aliphatic heterocycles. The molecule has 4 amide bonds. The number of hydrogen-bond donors (Lipinski definition) is 2. The molecule has 0 unspecified atom stereocenters. The van der Waals surface area contributed by atoms with Gasteiger partial charge in [-0.1, -0.05) is 53.0 Å². The van der Waals surface area contributed by atoms with Crippen LogP contribution in [-0.2, 0) is 16.2 Å². The number of para-hydroxylation sites is 2. The molecule has 1 aliphatic rings. The Labute approximate surface area is 241 Å². The van der Waals surface area contributed by atoms with E-state index in [2.05, 4.69) is 26.6 Å². The van der Waals surface area contributed by atoms with Gasteiger partial charge in [0.25, 0.3) is 5.91 Å². The van der Waals surface area contributed by atoms with E-state index in [1.165, 1.54) is 13.2 Å².